The molecule has 3 unspecified atom stereocenters. The fraction of sp³-hybridized carbons (Fsp3) is 0.870. The van der Waals surface area contributed by atoms with Gasteiger partial charge in [-0.05, 0) is 60.8 Å². The molecular formula is C23H45N3O12S3. The standard InChI is InChI=1S/C23H45N3O12S3/c1-9-16(19(28)25-22(5,6)13-40(33,34)35)11-17(20(29)26-23(7,8)14-41(36,37)38)10-15(2)18(27)24-21(3,4)12-39(30,31)32/h15-17H,9-14H2,1-8H3,(H,24,27)(H,25,28)(H,26,29)(H,30,31,32)(H,33,34,35)(H,36,37,38). The fourth-order valence-corrected chi connectivity index (χ4v) is 7.40. The van der Waals surface area contributed by atoms with Crippen molar-refractivity contribution in [2.45, 2.75) is 91.3 Å². The van der Waals surface area contributed by atoms with Gasteiger partial charge in [0.05, 0.1) is 33.9 Å². The van der Waals surface area contributed by atoms with Gasteiger partial charge in [0, 0.05) is 17.8 Å². The second-order valence-corrected chi connectivity index (χ2v) is 16.8. The molecule has 0 spiro atoms. The van der Waals surface area contributed by atoms with E-state index in [1.807, 2.05) is 0 Å². The number of nitrogens with one attached hydrogen (secondary N) is 3. The lowest BCUT2D eigenvalue weighted by Gasteiger charge is -2.32. The lowest BCUT2D eigenvalue weighted by atomic mass is 9.84. The minimum atomic E-state index is -4.48. The van der Waals surface area contributed by atoms with Gasteiger partial charge in [0.2, 0.25) is 17.7 Å². The largest absolute Gasteiger partial charge is 0.350 e. The summed E-state index contributed by atoms with van der Waals surface area (Å²) in [6, 6.07) is 0. The van der Waals surface area contributed by atoms with Crippen LogP contribution in [0.1, 0.15) is 74.7 Å². The molecular weight excluding hydrogens is 606 g/mol. The fourth-order valence-electron chi connectivity index (χ4n) is 4.45. The number of hydrogen-bond acceptors (Lipinski definition) is 9. The minimum absolute atomic E-state index is 0.149. The number of rotatable bonds is 17. The molecule has 0 saturated carbocycles. The molecule has 0 aliphatic rings. The normalized spacial score (nSPS) is 15.9. The molecule has 0 heterocycles. The molecule has 0 saturated heterocycles. The van der Waals surface area contributed by atoms with Crippen LogP contribution in [0.15, 0.2) is 0 Å². The topological polar surface area (TPSA) is 250 Å². The molecule has 242 valence electrons. The number of amides is 3. The number of carbonyl (C=O) groups is 3. The highest BCUT2D eigenvalue weighted by molar-refractivity contribution is 7.86. The van der Waals surface area contributed by atoms with Crippen molar-refractivity contribution >= 4 is 48.1 Å². The van der Waals surface area contributed by atoms with Crippen molar-refractivity contribution in [2.75, 3.05) is 17.3 Å². The number of hydrogen-bond donors (Lipinski definition) is 6. The third-order valence-corrected chi connectivity index (χ3v) is 9.16. The molecule has 0 aromatic heterocycles. The maximum absolute atomic E-state index is 13.3. The highest BCUT2D eigenvalue weighted by Crippen LogP contribution is 2.26. The molecule has 0 bridgehead atoms. The maximum Gasteiger partial charge on any atom is 0.267 e. The van der Waals surface area contributed by atoms with Crippen LogP contribution in [-0.4, -0.2) is 90.5 Å². The Morgan fingerprint density at radius 2 is 0.878 bits per heavy atom. The molecule has 3 amide bonds. The molecule has 0 radical (unpaired) electrons. The molecule has 0 aromatic carbocycles. The van der Waals surface area contributed by atoms with E-state index in [9.17, 15) is 48.7 Å². The molecule has 0 aliphatic heterocycles. The maximum atomic E-state index is 13.3. The van der Waals surface area contributed by atoms with Crippen LogP contribution in [0.2, 0.25) is 0 Å². The van der Waals surface area contributed by atoms with E-state index in [4.69, 9.17) is 4.55 Å². The van der Waals surface area contributed by atoms with E-state index in [1.54, 1.807) is 6.92 Å². The van der Waals surface area contributed by atoms with Crippen LogP contribution in [-0.2, 0) is 44.7 Å². The Labute approximate surface area is 243 Å². The Kier molecular flexibility index (Phi) is 13.4. The highest BCUT2D eigenvalue weighted by atomic mass is 32.2. The van der Waals surface area contributed by atoms with Crippen LogP contribution < -0.4 is 16.0 Å². The monoisotopic (exact) mass is 651 g/mol. The van der Waals surface area contributed by atoms with Crippen LogP contribution in [0.4, 0.5) is 0 Å². The molecule has 0 fully saturated rings. The van der Waals surface area contributed by atoms with Crippen LogP contribution in [0.5, 0.6) is 0 Å². The van der Waals surface area contributed by atoms with Crippen molar-refractivity contribution in [3.63, 3.8) is 0 Å². The smallest absolute Gasteiger partial charge is 0.267 e. The zero-order chi connectivity index (χ0) is 32.8. The van der Waals surface area contributed by atoms with Gasteiger partial charge in [-0.3, -0.25) is 28.0 Å². The van der Waals surface area contributed by atoms with Crippen LogP contribution in [0.25, 0.3) is 0 Å². The van der Waals surface area contributed by atoms with Crippen LogP contribution in [0, 0.1) is 17.8 Å². The average Bonchev–Trinajstić information content (AvgIpc) is 2.63. The summed E-state index contributed by atoms with van der Waals surface area (Å²) in [5.41, 5.74) is -4.16. The summed E-state index contributed by atoms with van der Waals surface area (Å²) in [6.07, 6.45) is -0.127. The van der Waals surface area contributed by atoms with Gasteiger partial charge in [0.1, 0.15) is 0 Å². The summed E-state index contributed by atoms with van der Waals surface area (Å²) >= 11 is 0. The van der Waals surface area contributed by atoms with Gasteiger partial charge in [-0.1, -0.05) is 13.8 Å². The summed E-state index contributed by atoms with van der Waals surface area (Å²) in [6.45, 7) is 11.3. The predicted molar refractivity (Wildman–Crippen MR) is 152 cm³/mol. The first kappa shape index (κ1) is 39.1. The van der Waals surface area contributed by atoms with E-state index in [2.05, 4.69) is 16.0 Å². The summed E-state index contributed by atoms with van der Waals surface area (Å²) < 4.78 is 95.7. The van der Waals surface area contributed by atoms with Gasteiger partial charge in [0.15, 0.2) is 0 Å². The lowest BCUT2D eigenvalue weighted by Crippen LogP contribution is -2.53. The molecule has 0 rings (SSSR count). The van der Waals surface area contributed by atoms with Gasteiger partial charge >= 0.3 is 0 Å². The quantitative estimate of drug-likeness (QED) is 0.117. The second kappa shape index (κ2) is 14.1. The zero-order valence-electron chi connectivity index (χ0n) is 24.7. The molecule has 18 heteroatoms. The Morgan fingerprint density at radius 3 is 1.17 bits per heavy atom. The van der Waals surface area contributed by atoms with Gasteiger partial charge in [0.25, 0.3) is 30.4 Å². The first-order chi connectivity index (χ1) is 18.0. The molecule has 41 heavy (non-hydrogen) atoms. The van der Waals surface area contributed by atoms with E-state index in [1.165, 1.54) is 48.5 Å². The van der Waals surface area contributed by atoms with Gasteiger partial charge < -0.3 is 16.0 Å². The van der Waals surface area contributed by atoms with Crippen molar-refractivity contribution < 1.29 is 53.3 Å². The zero-order valence-corrected chi connectivity index (χ0v) is 27.2. The lowest BCUT2D eigenvalue weighted by molar-refractivity contribution is -0.131. The van der Waals surface area contributed by atoms with E-state index >= 15 is 0 Å². The van der Waals surface area contributed by atoms with Crippen molar-refractivity contribution in [3.05, 3.63) is 0 Å². The predicted octanol–water partition coefficient (Wildman–Crippen LogP) is 0.393. The molecule has 0 aromatic rings. The molecule has 3 atom stereocenters. The number of carbonyl (C=O) groups excluding carboxylic acids is 3. The third-order valence-electron chi connectivity index (χ3n) is 5.90. The van der Waals surface area contributed by atoms with Gasteiger partial charge in [-0.15, -0.1) is 0 Å². The minimum Gasteiger partial charge on any atom is -0.350 e. The summed E-state index contributed by atoms with van der Waals surface area (Å²) in [7, 11) is -13.3. The van der Waals surface area contributed by atoms with Crippen LogP contribution >= 0.6 is 0 Å². The van der Waals surface area contributed by atoms with Crippen molar-refractivity contribution in [1.82, 2.24) is 16.0 Å². The van der Waals surface area contributed by atoms with Crippen molar-refractivity contribution in [1.29, 1.82) is 0 Å². The Balaban J connectivity index is 6.08. The summed E-state index contributed by atoms with van der Waals surface area (Å²) in [5.74, 6) is -7.23. The second-order valence-electron chi connectivity index (χ2n) is 12.5. The average molecular weight is 652 g/mol. The Morgan fingerprint density at radius 1 is 0.585 bits per heavy atom. The molecule has 0 aliphatic carbocycles. The van der Waals surface area contributed by atoms with Gasteiger partial charge in [-0.25, -0.2) is 0 Å². The van der Waals surface area contributed by atoms with Crippen LogP contribution in [0.3, 0.4) is 0 Å². The van der Waals surface area contributed by atoms with Crippen molar-refractivity contribution in [3.8, 4) is 0 Å². The van der Waals surface area contributed by atoms with E-state index in [-0.39, 0.29) is 19.3 Å². The first-order valence-electron chi connectivity index (χ1n) is 12.8. The summed E-state index contributed by atoms with van der Waals surface area (Å²) in [4.78, 5) is 39.3. The third kappa shape index (κ3) is 17.6. The summed E-state index contributed by atoms with van der Waals surface area (Å²) in [5, 5.41) is 7.55. The van der Waals surface area contributed by atoms with Gasteiger partial charge in [-0.2, -0.15) is 25.3 Å². The molecule has 15 nitrogen and oxygen atoms in total. The van der Waals surface area contributed by atoms with Crippen molar-refractivity contribution in [2.24, 2.45) is 17.8 Å². The van der Waals surface area contributed by atoms with E-state index in [0.29, 0.717) is 0 Å². The SMILES string of the molecule is CCC(CC(CC(C)C(=O)NC(C)(C)CS(=O)(=O)O)C(=O)NC(C)(C)CS(=O)(=O)O)C(=O)NC(C)(C)CS(=O)(=O)O. The Bertz CT molecular complexity index is 1270. The van der Waals surface area contributed by atoms with E-state index in [0.717, 1.165) is 0 Å². The first-order valence-corrected chi connectivity index (χ1v) is 17.6. The van der Waals surface area contributed by atoms with E-state index < -0.39 is 99.7 Å². The highest BCUT2D eigenvalue weighted by Gasteiger charge is 2.36. The Hall–Kier alpha value is -1.86. The molecule has 6 N–H and O–H groups in total.